The van der Waals surface area contributed by atoms with Crippen molar-refractivity contribution in [3.8, 4) is 5.75 Å². The van der Waals surface area contributed by atoms with Crippen LogP contribution in [0.3, 0.4) is 0 Å². The van der Waals surface area contributed by atoms with Crippen LogP contribution in [0.25, 0.3) is 0 Å². The number of aromatic nitrogens is 1. The highest BCUT2D eigenvalue weighted by atomic mass is 79.9. The molecular formula is C16H20BrNO2S. The highest BCUT2D eigenvalue weighted by Gasteiger charge is 2.18. The number of thiazole rings is 1. The van der Waals surface area contributed by atoms with Crippen LogP contribution in [0, 0.1) is 0 Å². The molecule has 1 aromatic heterocycles. The van der Waals surface area contributed by atoms with Gasteiger partial charge in [-0.15, -0.1) is 11.3 Å². The monoisotopic (exact) mass is 369 g/mol. The third-order valence-electron chi connectivity index (χ3n) is 3.10. The molecule has 1 heterocycles. The van der Waals surface area contributed by atoms with Gasteiger partial charge in [0.15, 0.2) is 0 Å². The van der Waals surface area contributed by atoms with Gasteiger partial charge in [-0.05, 0) is 19.1 Å². The second-order valence-corrected chi connectivity index (χ2v) is 7.88. The van der Waals surface area contributed by atoms with E-state index in [9.17, 15) is 5.11 Å². The van der Waals surface area contributed by atoms with Crippen molar-refractivity contribution in [2.24, 2.45) is 0 Å². The summed E-state index contributed by atoms with van der Waals surface area (Å²) in [7, 11) is 0. The topological polar surface area (TPSA) is 42.4 Å². The number of hydrogen-bond donors (Lipinski definition) is 1. The maximum atomic E-state index is 9.80. The van der Waals surface area contributed by atoms with E-state index in [2.05, 4.69) is 47.1 Å². The molecule has 21 heavy (non-hydrogen) atoms. The molecule has 2 aromatic rings. The Morgan fingerprint density at radius 2 is 2.10 bits per heavy atom. The van der Waals surface area contributed by atoms with Gasteiger partial charge in [-0.25, -0.2) is 4.98 Å². The van der Waals surface area contributed by atoms with Crippen molar-refractivity contribution in [1.82, 2.24) is 4.98 Å². The second-order valence-electron chi connectivity index (χ2n) is 6.02. The molecule has 1 N–H and O–H groups in total. The molecule has 1 atom stereocenters. The number of nitrogens with zero attached hydrogens (tertiary/aromatic N) is 1. The van der Waals surface area contributed by atoms with E-state index in [0.29, 0.717) is 12.4 Å². The Kier molecular flexibility index (Phi) is 5.07. The van der Waals surface area contributed by atoms with Crippen LogP contribution in [0.1, 0.15) is 50.1 Å². The predicted molar refractivity (Wildman–Crippen MR) is 89.9 cm³/mol. The van der Waals surface area contributed by atoms with E-state index >= 15 is 0 Å². The molecule has 0 amide bonds. The molecule has 0 fully saturated rings. The number of halogens is 1. The van der Waals surface area contributed by atoms with Crippen LogP contribution < -0.4 is 4.74 Å². The molecule has 0 unspecified atom stereocenters. The smallest absolute Gasteiger partial charge is 0.140 e. The van der Waals surface area contributed by atoms with Crippen molar-refractivity contribution >= 4 is 27.3 Å². The van der Waals surface area contributed by atoms with Crippen molar-refractivity contribution in [3.05, 3.63) is 44.3 Å². The Morgan fingerprint density at radius 3 is 2.67 bits per heavy atom. The molecule has 1 aromatic carbocycles. The van der Waals surface area contributed by atoms with Gasteiger partial charge in [0.05, 0.1) is 11.8 Å². The van der Waals surface area contributed by atoms with E-state index in [4.69, 9.17) is 4.74 Å². The molecule has 0 aliphatic carbocycles. The maximum Gasteiger partial charge on any atom is 0.140 e. The molecule has 0 aliphatic heterocycles. The van der Waals surface area contributed by atoms with Crippen molar-refractivity contribution in [1.29, 1.82) is 0 Å². The lowest BCUT2D eigenvalue weighted by molar-refractivity contribution is 0.190. The Bertz CT molecular complexity index is 617. The Hall–Kier alpha value is -0.910. The Balaban J connectivity index is 2.13. The fourth-order valence-corrected chi connectivity index (χ4v) is 3.11. The van der Waals surface area contributed by atoms with Gasteiger partial charge in [0.25, 0.3) is 0 Å². The van der Waals surface area contributed by atoms with E-state index in [1.54, 1.807) is 18.3 Å². The Morgan fingerprint density at radius 1 is 1.38 bits per heavy atom. The van der Waals surface area contributed by atoms with Crippen LogP contribution in [-0.4, -0.2) is 10.1 Å². The molecule has 5 heteroatoms. The van der Waals surface area contributed by atoms with Crippen LogP contribution in [0.5, 0.6) is 5.75 Å². The molecule has 0 saturated carbocycles. The van der Waals surface area contributed by atoms with Gasteiger partial charge in [0, 0.05) is 20.8 Å². The van der Waals surface area contributed by atoms with Gasteiger partial charge in [-0.1, -0.05) is 42.8 Å². The lowest BCUT2D eigenvalue weighted by atomic mass is 9.93. The van der Waals surface area contributed by atoms with Crippen molar-refractivity contribution in [2.75, 3.05) is 0 Å². The first-order valence-corrected chi connectivity index (χ1v) is 8.50. The van der Waals surface area contributed by atoms with Crippen LogP contribution in [0.2, 0.25) is 0 Å². The van der Waals surface area contributed by atoms with Crippen LogP contribution in [-0.2, 0) is 12.0 Å². The molecule has 0 bridgehead atoms. The van der Waals surface area contributed by atoms with E-state index in [0.717, 1.165) is 20.7 Å². The van der Waals surface area contributed by atoms with Gasteiger partial charge in [0.1, 0.15) is 17.4 Å². The third kappa shape index (κ3) is 4.28. The van der Waals surface area contributed by atoms with Crippen molar-refractivity contribution < 1.29 is 9.84 Å². The highest BCUT2D eigenvalue weighted by molar-refractivity contribution is 9.10. The normalized spacial score (nSPS) is 13.2. The quantitative estimate of drug-likeness (QED) is 0.838. The summed E-state index contributed by atoms with van der Waals surface area (Å²) in [5, 5.41) is 12.8. The summed E-state index contributed by atoms with van der Waals surface area (Å²) in [5.41, 5.74) is 1.91. The lowest BCUT2D eigenvalue weighted by Gasteiger charge is -2.15. The van der Waals surface area contributed by atoms with Gasteiger partial charge >= 0.3 is 0 Å². The number of ether oxygens (including phenoxy) is 1. The minimum absolute atomic E-state index is 0.0509. The van der Waals surface area contributed by atoms with Crippen LogP contribution in [0.4, 0.5) is 0 Å². The van der Waals surface area contributed by atoms with Crippen LogP contribution in [0.15, 0.2) is 28.1 Å². The number of hydrogen-bond acceptors (Lipinski definition) is 4. The number of aliphatic hydroxyl groups is 1. The number of aliphatic hydroxyl groups excluding tert-OH is 1. The number of benzene rings is 1. The van der Waals surface area contributed by atoms with Crippen molar-refractivity contribution in [3.63, 3.8) is 0 Å². The summed E-state index contributed by atoms with van der Waals surface area (Å²) in [4.78, 5) is 4.61. The fraction of sp³-hybridized carbons (Fsp3) is 0.438. The molecule has 0 spiro atoms. The first kappa shape index (κ1) is 16.5. The zero-order valence-electron chi connectivity index (χ0n) is 12.7. The van der Waals surface area contributed by atoms with Crippen LogP contribution >= 0.6 is 27.3 Å². The van der Waals surface area contributed by atoms with E-state index in [-0.39, 0.29) is 5.41 Å². The third-order valence-corrected chi connectivity index (χ3v) is 4.41. The number of rotatable bonds is 4. The lowest BCUT2D eigenvalue weighted by Crippen LogP contribution is -2.11. The highest BCUT2D eigenvalue weighted by Crippen LogP contribution is 2.30. The summed E-state index contributed by atoms with van der Waals surface area (Å²) in [6.07, 6.45) is -0.561. The van der Waals surface area contributed by atoms with Gasteiger partial charge in [-0.2, -0.15) is 0 Å². The summed E-state index contributed by atoms with van der Waals surface area (Å²) < 4.78 is 6.78. The van der Waals surface area contributed by atoms with Gasteiger partial charge < -0.3 is 9.84 Å². The second kappa shape index (κ2) is 6.46. The Labute approximate surface area is 138 Å². The zero-order chi connectivity index (χ0) is 15.6. The molecule has 114 valence electrons. The molecule has 3 nitrogen and oxygen atoms in total. The minimum Gasteiger partial charge on any atom is -0.486 e. The first-order chi connectivity index (χ1) is 9.77. The van der Waals surface area contributed by atoms with Gasteiger partial charge in [-0.3, -0.25) is 0 Å². The first-order valence-electron chi connectivity index (χ1n) is 6.82. The maximum absolute atomic E-state index is 9.80. The molecule has 0 aliphatic rings. The van der Waals surface area contributed by atoms with E-state index in [1.807, 2.05) is 18.2 Å². The predicted octanol–water partition coefficient (Wildman–Crippen LogP) is 4.84. The van der Waals surface area contributed by atoms with Crippen molar-refractivity contribution in [2.45, 2.75) is 45.8 Å². The molecule has 2 rings (SSSR count). The zero-order valence-corrected chi connectivity index (χ0v) is 15.1. The summed E-state index contributed by atoms with van der Waals surface area (Å²) in [5.74, 6) is 0.687. The SMILES string of the molecule is C[C@H](O)c1ccc(Br)cc1OCc1nc(C(C)(C)C)cs1. The standard InChI is InChI=1S/C16H20BrNO2S/c1-10(19)12-6-5-11(17)7-13(12)20-8-15-18-14(9-21-15)16(2,3)4/h5-7,9-10,19H,8H2,1-4H3/t10-/m0/s1. The van der Waals surface area contributed by atoms with E-state index in [1.165, 1.54) is 0 Å². The molecular weight excluding hydrogens is 350 g/mol. The average molecular weight is 370 g/mol. The largest absolute Gasteiger partial charge is 0.486 e. The average Bonchev–Trinajstić information content (AvgIpc) is 2.84. The molecule has 0 radical (unpaired) electrons. The fourth-order valence-electron chi connectivity index (χ4n) is 1.84. The minimum atomic E-state index is -0.561. The van der Waals surface area contributed by atoms with E-state index < -0.39 is 6.10 Å². The summed E-state index contributed by atoms with van der Waals surface area (Å²) in [6.45, 7) is 8.58. The summed E-state index contributed by atoms with van der Waals surface area (Å²) in [6, 6.07) is 5.64. The van der Waals surface area contributed by atoms with Gasteiger partial charge in [0.2, 0.25) is 0 Å². The molecule has 0 saturated heterocycles. The summed E-state index contributed by atoms with van der Waals surface area (Å²) >= 11 is 5.03.